The van der Waals surface area contributed by atoms with E-state index in [0.29, 0.717) is 10.5 Å². The van der Waals surface area contributed by atoms with Crippen LogP contribution in [-0.4, -0.2) is 24.4 Å². The summed E-state index contributed by atoms with van der Waals surface area (Å²) in [5.74, 6) is -2.96. The van der Waals surface area contributed by atoms with E-state index in [1.165, 1.54) is 13.0 Å². The Bertz CT molecular complexity index is 566. The number of anilines is 1. The number of nitrogens with zero attached hydrogens (tertiary/aromatic N) is 1. The van der Waals surface area contributed by atoms with Crippen LogP contribution in [0.25, 0.3) is 0 Å². The molecule has 1 aromatic rings. The zero-order valence-electron chi connectivity index (χ0n) is 9.84. The van der Waals surface area contributed by atoms with E-state index < -0.39 is 36.6 Å². The van der Waals surface area contributed by atoms with Crippen molar-refractivity contribution >= 4 is 17.4 Å². The number of ketones is 1. The third kappa shape index (κ3) is 2.45. The molecule has 0 N–H and O–H groups in total. The molecule has 1 aliphatic rings. The molecule has 0 fully saturated rings. The number of hydrogen-bond donors (Lipinski definition) is 0. The minimum absolute atomic E-state index is 0.176. The lowest BCUT2D eigenvalue weighted by Crippen LogP contribution is -2.33. The number of carbonyl (C=O) groups is 2. The highest BCUT2D eigenvalue weighted by Crippen LogP contribution is 2.34. The molecule has 1 heterocycles. The van der Waals surface area contributed by atoms with Gasteiger partial charge in [-0.1, -0.05) is 0 Å². The fourth-order valence-corrected chi connectivity index (χ4v) is 1.97. The normalized spacial score (nSPS) is 15.1. The van der Waals surface area contributed by atoms with Gasteiger partial charge in [0, 0.05) is 6.54 Å². The van der Waals surface area contributed by atoms with Crippen molar-refractivity contribution in [2.45, 2.75) is 19.5 Å². The molecule has 0 bridgehead atoms. The van der Waals surface area contributed by atoms with Gasteiger partial charge in [-0.25, -0.2) is 4.39 Å². The SMILES string of the molecule is Cc1cc(F)c2c(c1)C(=O)C(=O)N2CCC(F)(F)F. The van der Waals surface area contributed by atoms with Crippen LogP contribution in [0.4, 0.5) is 23.2 Å². The molecule has 3 nitrogen and oxygen atoms in total. The second kappa shape index (κ2) is 4.32. The summed E-state index contributed by atoms with van der Waals surface area (Å²) in [6.45, 7) is 0.764. The fourth-order valence-electron chi connectivity index (χ4n) is 1.97. The van der Waals surface area contributed by atoms with Crippen molar-refractivity contribution < 1.29 is 27.2 Å². The summed E-state index contributed by atoms with van der Waals surface area (Å²) in [6.07, 6.45) is -5.77. The molecule has 0 aromatic heterocycles. The van der Waals surface area contributed by atoms with Crippen LogP contribution in [0.2, 0.25) is 0 Å². The van der Waals surface area contributed by atoms with Crippen molar-refractivity contribution in [1.82, 2.24) is 0 Å². The molecule has 0 saturated heterocycles. The minimum Gasteiger partial charge on any atom is -0.302 e. The maximum absolute atomic E-state index is 13.7. The number of halogens is 4. The summed E-state index contributed by atoms with van der Waals surface area (Å²) in [6, 6.07) is 2.37. The number of aryl methyl sites for hydroxylation is 1. The predicted molar refractivity (Wildman–Crippen MR) is 58.5 cm³/mol. The van der Waals surface area contributed by atoms with Crippen LogP contribution < -0.4 is 4.90 Å². The molecule has 0 radical (unpaired) electrons. The van der Waals surface area contributed by atoms with Crippen LogP contribution in [-0.2, 0) is 4.79 Å². The Hall–Kier alpha value is -1.92. The van der Waals surface area contributed by atoms with Gasteiger partial charge in [0.05, 0.1) is 17.7 Å². The lowest BCUT2D eigenvalue weighted by Gasteiger charge is -2.18. The average molecular weight is 275 g/mol. The standard InChI is InChI=1S/C12H9F4NO2/c1-6-4-7-9(8(13)5-6)17(11(19)10(7)18)3-2-12(14,15)16/h4-5H,2-3H2,1H3. The summed E-state index contributed by atoms with van der Waals surface area (Å²) < 4.78 is 50.2. The molecule has 102 valence electrons. The number of Topliss-reactive ketones (excluding diaryl/α,β-unsaturated/α-hetero) is 1. The molecule has 7 heteroatoms. The number of benzene rings is 1. The Balaban J connectivity index is 2.39. The fraction of sp³-hybridized carbons (Fsp3) is 0.333. The summed E-state index contributed by atoms with van der Waals surface area (Å²) in [5, 5.41) is 0. The minimum atomic E-state index is -4.48. The van der Waals surface area contributed by atoms with E-state index in [-0.39, 0.29) is 11.3 Å². The average Bonchev–Trinajstić information content (AvgIpc) is 2.50. The molecule has 0 unspecified atom stereocenters. The highest BCUT2D eigenvalue weighted by atomic mass is 19.4. The van der Waals surface area contributed by atoms with Crippen molar-refractivity contribution in [2.75, 3.05) is 11.4 Å². The van der Waals surface area contributed by atoms with E-state index in [0.717, 1.165) is 6.07 Å². The zero-order chi connectivity index (χ0) is 14.4. The summed E-state index contributed by atoms with van der Waals surface area (Å²) >= 11 is 0. The number of carbonyl (C=O) groups excluding carboxylic acids is 2. The van der Waals surface area contributed by atoms with Gasteiger partial charge in [0.1, 0.15) is 5.82 Å². The zero-order valence-corrected chi connectivity index (χ0v) is 9.84. The lowest BCUT2D eigenvalue weighted by molar-refractivity contribution is -0.133. The molecule has 19 heavy (non-hydrogen) atoms. The van der Waals surface area contributed by atoms with Crippen molar-refractivity contribution in [3.05, 3.63) is 29.1 Å². The Morgan fingerprint density at radius 3 is 2.42 bits per heavy atom. The van der Waals surface area contributed by atoms with E-state index in [1.807, 2.05) is 0 Å². The number of fused-ring (bicyclic) bond motifs is 1. The van der Waals surface area contributed by atoms with E-state index in [2.05, 4.69) is 0 Å². The van der Waals surface area contributed by atoms with Crippen LogP contribution in [0.15, 0.2) is 12.1 Å². The number of alkyl halides is 3. The molecular formula is C12H9F4NO2. The topological polar surface area (TPSA) is 37.4 Å². The van der Waals surface area contributed by atoms with E-state index in [1.54, 1.807) is 0 Å². The second-order valence-corrected chi connectivity index (χ2v) is 4.29. The smallest absolute Gasteiger partial charge is 0.302 e. The predicted octanol–water partition coefficient (Wildman–Crippen LogP) is 2.62. The second-order valence-electron chi connectivity index (χ2n) is 4.29. The van der Waals surface area contributed by atoms with Crippen LogP contribution in [0.3, 0.4) is 0 Å². The third-order valence-corrected chi connectivity index (χ3v) is 2.78. The van der Waals surface area contributed by atoms with Gasteiger partial charge < -0.3 is 4.90 Å². The molecule has 0 aliphatic carbocycles. The summed E-state index contributed by atoms with van der Waals surface area (Å²) in [7, 11) is 0. The molecule has 1 aliphatic heterocycles. The van der Waals surface area contributed by atoms with Crippen molar-refractivity contribution in [2.24, 2.45) is 0 Å². The molecule has 1 aromatic carbocycles. The van der Waals surface area contributed by atoms with Crippen LogP contribution in [0, 0.1) is 12.7 Å². The Morgan fingerprint density at radius 1 is 1.21 bits per heavy atom. The quantitative estimate of drug-likeness (QED) is 0.614. The Labute approximate surface area is 105 Å². The molecule has 0 saturated carbocycles. The third-order valence-electron chi connectivity index (χ3n) is 2.78. The first-order chi connectivity index (χ1) is 8.70. The Morgan fingerprint density at radius 2 is 1.84 bits per heavy atom. The van der Waals surface area contributed by atoms with Crippen LogP contribution >= 0.6 is 0 Å². The number of hydrogen-bond acceptors (Lipinski definition) is 2. The van der Waals surface area contributed by atoms with Gasteiger partial charge in [-0.3, -0.25) is 9.59 Å². The summed E-state index contributed by atoms with van der Waals surface area (Å²) in [4.78, 5) is 23.7. The van der Waals surface area contributed by atoms with Crippen molar-refractivity contribution in [3.8, 4) is 0 Å². The molecule has 0 atom stereocenters. The van der Waals surface area contributed by atoms with Gasteiger partial charge in [0.2, 0.25) is 0 Å². The van der Waals surface area contributed by atoms with Gasteiger partial charge >= 0.3 is 6.18 Å². The molecule has 1 amide bonds. The lowest BCUT2D eigenvalue weighted by atomic mass is 10.1. The van der Waals surface area contributed by atoms with Gasteiger partial charge in [0.25, 0.3) is 11.7 Å². The number of rotatable bonds is 2. The largest absolute Gasteiger partial charge is 0.390 e. The first-order valence-electron chi connectivity index (χ1n) is 5.44. The maximum Gasteiger partial charge on any atom is 0.390 e. The van der Waals surface area contributed by atoms with Gasteiger partial charge in [-0.15, -0.1) is 0 Å². The number of amides is 1. The van der Waals surface area contributed by atoms with Gasteiger partial charge in [0.15, 0.2) is 0 Å². The highest BCUT2D eigenvalue weighted by molar-refractivity contribution is 6.52. The van der Waals surface area contributed by atoms with Crippen molar-refractivity contribution in [3.63, 3.8) is 0 Å². The van der Waals surface area contributed by atoms with E-state index in [4.69, 9.17) is 0 Å². The Kier molecular flexibility index (Phi) is 3.07. The van der Waals surface area contributed by atoms with Gasteiger partial charge in [-0.05, 0) is 24.6 Å². The summed E-state index contributed by atoms with van der Waals surface area (Å²) in [5.41, 5.74) is -0.107. The van der Waals surface area contributed by atoms with Crippen molar-refractivity contribution in [1.29, 1.82) is 0 Å². The molecule has 0 spiro atoms. The highest BCUT2D eigenvalue weighted by Gasteiger charge is 2.40. The van der Waals surface area contributed by atoms with Crippen LogP contribution in [0.1, 0.15) is 22.3 Å². The molecular weight excluding hydrogens is 266 g/mol. The first-order valence-corrected chi connectivity index (χ1v) is 5.44. The first kappa shape index (κ1) is 13.5. The van der Waals surface area contributed by atoms with E-state index >= 15 is 0 Å². The van der Waals surface area contributed by atoms with E-state index in [9.17, 15) is 27.2 Å². The monoisotopic (exact) mass is 275 g/mol. The van der Waals surface area contributed by atoms with Gasteiger partial charge in [-0.2, -0.15) is 13.2 Å². The van der Waals surface area contributed by atoms with Crippen LogP contribution in [0.5, 0.6) is 0 Å². The maximum atomic E-state index is 13.7. The molecule has 2 rings (SSSR count).